The number of benzene rings is 2. The van der Waals surface area contributed by atoms with Gasteiger partial charge in [-0.3, -0.25) is 9.59 Å². The van der Waals surface area contributed by atoms with Crippen molar-refractivity contribution in [3.8, 4) is 28.7 Å². The van der Waals surface area contributed by atoms with Crippen molar-refractivity contribution < 1.29 is 60.1 Å². The molecule has 3 saturated heterocycles. The summed E-state index contributed by atoms with van der Waals surface area (Å²) < 4.78 is 101. The predicted molar refractivity (Wildman–Crippen MR) is 318 cm³/mol. The maximum absolute atomic E-state index is 17.1. The highest BCUT2D eigenvalue weighted by atomic mass is 35.5. The lowest BCUT2D eigenvalue weighted by atomic mass is 9.82. The molecular formula is C62H66ClF5N12O9. The molecule has 0 unspecified atom stereocenters. The average Bonchev–Trinajstić information content (AvgIpc) is 1.73. The number of aromatic nitrogens is 5. The third kappa shape index (κ3) is 10.5. The van der Waals surface area contributed by atoms with Gasteiger partial charge in [0.2, 0.25) is 5.60 Å². The molecule has 0 saturated carbocycles. The Bertz CT molecular complexity index is 4070. The van der Waals surface area contributed by atoms with Gasteiger partial charge in [-0.25, -0.2) is 33.1 Å². The molecule has 2 aromatic carbocycles. The largest absolute Gasteiger partial charge is 0.462 e. The lowest BCUT2D eigenvalue weighted by molar-refractivity contribution is -0.173. The Morgan fingerprint density at radius 2 is 1.71 bits per heavy atom. The molecule has 9 heterocycles. The molecule has 0 radical (unpaired) electrons. The number of carbonyl (C=O) groups excluding carboxylic acids is 4. The molecule has 3 fully saturated rings. The number of anilines is 2. The second-order valence-electron chi connectivity index (χ2n) is 24.1. The van der Waals surface area contributed by atoms with E-state index in [9.17, 15) is 37.1 Å². The summed E-state index contributed by atoms with van der Waals surface area (Å²) >= 11 is 6.72. The van der Waals surface area contributed by atoms with E-state index in [2.05, 4.69) is 21.4 Å². The van der Waals surface area contributed by atoms with Gasteiger partial charge in [-0.1, -0.05) is 25.1 Å². The van der Waals surface area contributed by atoms with Crippen molar-refractivity contribution in [1.29, 1.82) is 0 Å². The molecule has 6 aliphatic rings. The fourth-order valence-corrected chi connectivity index (χ4v) is 14.1. The van der Waals surface area contributed by atoms with Gasteiger partial charge in [0.25, 0.3) is 11.5 Å². The minimum absolute atomic E-state index is 0.000193. The van der Waals surface area contributed by atoms with Crippen LogP contribution in [-0.4, -0.2) is 153 Å². The number of cyclic esters (lactones) is 1. The van der Waals surface area contributed by atoms with Gasteiger partial charge in [-0.15, -0.1) is 0 Å². The van der Waals surface area contributed by atoms with Gasteiger partial charge >= 0.3 is 30.3 Å². The number of amides is 3. The van der Waals surface area contributed by atoms with E-state index in [1.165, 1.54) is 45.4 Å². The van der Waals surface area contributed by atoms with Gasteiger partial charge in [-0.05, 0) is 120 Å². The summed E-state index contributed by atoms with van der Waals surface area (Å²) in [7, 11) is 3.39. The maximum atomic E-state index is 17.1. The van der Waals surface area contributed by atoms with Crippen LogP contribution >= 0.6 is 11.6 Å². The highest BCUT2D eigenvalue weighted by Crippen LogP contribution is 2.48. The van der Waals surface area contributed by atoms with Gasteiger partial charge < -0.3 is 59.5 Å². The first-order valence-corrected chi connectivity index (χ1v) is 30.0. The van der Waals surface area contributed by atoms with Gasteiger partial charge in [0.1, 0.15) is 42.8 Å². The molecule has 3 amide bonds. The molecule has 470 valence electrons. The quantitative estimate of drug-likeness (QED) is 0.0503. The molecule has 21 nitrogen and oxygen atoms in total. The number of hydrogen-bond donors (Lipinski definition) is 2. The Labute approximate surface area is 512 Å². The molecule has 5 aliphatic heterocycles. The Morgan fingerprint density at radius 3 is 2.43 bits per heavy atom. The third-order valence-corrected chi connectivity index (χ3v) is 18.9. The zero-order valence-electron chi connectivity index (χ0n) is 49.9. The predicted octanol–water partition coefficient (Wildman–Crippen LogP) is 8.62. The summed E-state index contributed by atoms with van der Waals surface area (Å²) in [4.78, 5) is 96.5. The van der Waals surface area contributed by atoms with Crippen LogP contribution in [-0.2, 0) is 55.1 Å². The summed E-state index contributed by atoms with van der Waals surface area (Å²) in [6, 6.07) is 3.60. The molecule has 1 aliphatic carbocycles. The first-order chi connectivity index (χ1) is 42.3. The number of carbonyl (C=O) groups is 4. The standard InChI is InChI=1S/C62H66ClF5N12O9/c1-8-61(39-21-44-51-37(25-80(44)56(82)38(39)28-86-57(61)83)46-42(69)14-13-35-32(5)41(64)22-43(71-51)47(35)46)89-59(84)76(7)24-33-11-10-16-79(33)60(85)88-26-30(3)55(81)77-17-18-78(31(4)23-77)54-36-20-40(63)48(53-49(62(66,67)68)29(2)19-45(70)72-53)50(65)52(36)73-58(74-54)87-27-34-12-9-15-75(34)6/h19-22,31,33-34,42H,3,8-18,23-28,69H2,1-2,4-7H3,(H2,70,72)/t31-,33-,34-,42-,61-/m0/s1. The number of halogens is 6. The van der Waals surface area contributed by atoms with Crippen LogP contribution in [0.3, 0.4) is 0 Å². The number of pyridine rings is 3. The van der Waals surface area contributed by atoms with Crippen molar-refractivity contribution in [2.75, 3.05) is 77.2 Å². The number of fused-ring (bicyclic) bond motifs is 6. The number of piperazine rings is 1. The fourth-order valence-electron chi connectivity index (χ4n) is 13.9. The number of rotatable bonds is 12. The van der Waals surface area contributed by atoms with Crippen LogP contribution in [0.1, 0.15) is 103 Å². The van der Waals surface area contributed by atoms with Crippen molar-refractivity contribution in [3.05, 3.63) is 108 Å². The Hall–Kier alpha value is -8.23. The number of alkyl halides is 3. The zero-order chi connectivity index (χ0) is 63.4. The number of ether oxygens (including phenoxy) is 4. The van der Waals surface area contributed by atoms with Crippen molar-refractivity contribution in [2.24, 2.45) is 5.73 Å². The monoisotopic (exact) mass is 1250 g/mol. The molecule has 27 heteroatoms. The van der Waals surface area contributed by atoms with Crippen molar-refractivity contribution in [1.82, 2.24) is 44.1 Å². The number of nitrogen functional groups attached to an aromatic ring is 1. The van der Waals surface area contributed by atoms with Crippen molar-refractivity contribution >= 4 is 69.1 Å². The summed E-state index contributed by atoms with van der Waals surface area (Å²) in [5.74, 6) is -3.12. The lowest BCUT2D eigenvalue weighted by Gasteiger charge is -2.41. The summed E-state index contributed by atoms with van der Waals surface area (Å²) in [5, 5.41) is 0.447. The molecule has 4 aromatic heterocycles. The van der Waals surface area contributed by atoms with E-state index in [-0.39, 0.29) is 116 Å². The number of likely N-dealkylation sites (N-methyl/N-ethyl adjacent to an activating group) is 2. The summed E-state index contributed by atoms with van der Waals surface area (Å²) in [6.45, 7) is 11.1. The summed E-state index contributed by atoms with van der Waals surface area (Å²) in [6.07, 6.45) is -2.86. The zero-order valence-corrected chi connectivity index (χ0v) is 50.7. The van der Waals surface area contributed by atoms with Crippen LogP contribution in [0.4, 0.5) is 43.2 Å². The topological polar surface area (TPSA) is 247 Å². The average molecular weight is 1250 g/mol. The molecule has 6 aromatic rings. The molecular weight excluding hydrogens is 1190 g/mol. The van der Waals surface area contributed by atoms with Crippen LogP contribution in [0.2, 0.25) is 5.02 Å². The number of likely N-dealkylation sites (tertiary alicyclic amines) is 2. The lowest BCUT2D eigenvalue weighted by Crippen LogP contribution is -2.54. The highest BCUT2D eigenvalue weighted by Gasteiger charge is 2.52. The fraction of sp³-hybridized carbons (Fsp3) is 0.468. The Morgan fingerprint density at radius 1 is 0.955 bits per heavy atom. The minimum Gasteiger partial charge on any atom is -0.462 e. The first kappa shape index (κ1) is 61.0. The van der Waals surface area contributed by atoms with Crippen LogP contribution in [0.15, 0.2) is 41.2 Å². The smallest absolute Gasteiger partial charge is 0.418 e. The number of hydrogen-bond acceptors (Lipinski definition) is 17. The Balaban J connectivity index is 0.716. The van der Waals surface area contributed by atoms with Crippen molar-refractivity contribution in [2.45, 2.75) is 122 Å². The molecule has 89 heavy (non-hydrogen) atoms. The van der Waals surface area contributed by atoms with E-state index in [1.807, 2.05) is 7.05 Å². The maximum Gasteiger partial charge on any atom is 0.418 e. The van der Waals surface area contributed by atoms with Gasteiger partial charge in [0.05, 0.1) is 56.9 Å². The Kier molecular flexibility index (Phi) is 15.8. The summed E-state index contributed by atoms with van der Waals surface area (Å²) in [5.41, 5.74) is 11.1. The van der Waals surface area contributed by atoms with E-state index >= 15 is 8.78 Å². The van der Waals surface area contributed by atoms with Gasteiger partial charge in [0, 0.05) is 91.4 Å². The molecule has 12 rings (SSSR count). The first-order valence-electron chi connectivity index (χ1n) is 29.6. The van der Waals surface area contributed by atoms with E-state index in [1.54, 1.807) is 31.7 Å². The molecule has 4 N–H and O–H groups in total. The molecule has 5 atom stereocenters. The number of aryl methyl sites for hydroxylation is 2. The van der Waals surface area contributed by atoms with Crippen LogP contribution in [0.25, 0.3) is 44.5 Å². The SMILES string of the molecule is C=C(COC(=O)N1CCC[C@H]1CN(C)C(=O)O[C@]1(CC)C(=O)OCc2c1cc1n(c2=O)Cc2c-1nc1cc(F)c(C)c3c1c2[C@@H](N)CC3)C(=O)N1CCN(c2nc(OC[C@@H]3CCCN3C)nc3c(F)c(-c4nc(N)cc(C)c4C(F)(F)F)c(Cl)cc23)[C@@H](C)C1. The molecule has 0 spiro atoms. The molecule has 0 bridgehead atoms. The van der Waals surface area contributed by atoms with Gasteiger partial charge in [-0.2, -0.15) is 23.1 Å². The van der Waals surface area contributed by atoms with Crippen molar-refractivity contribution in [3.63, 3.8) is 0 Å². The second kappa shape index (κ2) is 23.0. The van der Waals surface area contributed by atoms with Gasteiger partial charge in [0.15, 0.2) is 5.82 Å². The van der Waals surface area contributed by atoms with Crippen LogP contribution in [0, 0.1) is 25.5 Å². The minimum atomic E-state index is -4.95. The normalized spacial score (nSPS) is 21.4. The van der Waals surface area contributed by atoms with E-state index in [0.717, 1.165) is 47.5 Å². The number of esters is 1. The van der Waals surface area contributed by atoms with Crippen LogP contribution in [0.5, 0.6) is 6.01 Å². The van der Waals surface area contributed by atoms with E-state index in [0.29, 0.717) is 48.2 Å². The number of nitrogens with two attached hydrogens (primary N) is 2. The van der Waals surface area contributed by atoms with Crippen LogP contribution < -0.4 is 26.7 Å². The second-order valence-corrected chi connectivity index (χ2v) is 24.5. The number of nitrogens with zero attached hydrogens (tertiary/aromatic N) is 10. The van der Waals surface area contributed by atoms with E-state index < -0.39 is 99.6 Å². The third-order valence-electron chi connectivity index (χ3n) is 18.6. The van der Waals surface area contributed by atoms with E-state index in [4.69, 9.17) is 52.0 Å². The highest BCUT2D eigenvalue weighted by molar-refractivity contribution is 6.34.